The number of ether oxygens (including phenoxy) is 1. The van der Waals surface area contributed by atoms with Gasteiger partial charge in [0.15, 0.2) is 5.78 Å². The van der Waals surface area contributed by atoms with Crippen molar-refractivity contribution in [2.24, 2.45) is 0 Å². The normalized spacial score (nSPS) is 22.5. The van der Waals surface area contributed by atoms with Gasteiger partial charge in [-0.1, -0.05) is 12.1 Å². The SMILES string of the molecule is CC(=O)c1ccc(S(=O)(=O)N2CCC3(CC2)OCCN3C)cc1. The Morgan fingerprint density at radius 2 is 1.74 bits per heavy atom. The van der Waals surface area contributed by atoms with Crippen LogP contribution in [-0.4, -0.2) is 62.4 Å². The monoisotopic (exact) mass is 338 g/mol. The first-order valence-corrected chi connectivity index (χ1v) is 9.25. The molecule has 2 aliphatic rings. The summed E-state index contributed by atoms with van der Waals surface area (Å²) < 4.78 is 32.9. The second-order valence-corrected chi connectivity index (χ2v) is 8.14. The quantitative estimate of drug-likeness (QED) is 0.778. The summed E-state index contributed by atoms with van der Waals surface area (Å²) in [6.45, 7) is 3.95. The number of benzene rings is 1. The lowest BCUT2D eigenvalue weighted by molar-refractivity contribution is -0.102. The van der Waals surface area contributed by atoms with Crippen molar-refractivity contribution >= 4 is 15.8 Å². The van der Waals surface area contributed by atoms with E-state index in [-0.39, 0.29) is 16.4 Å². The van der Waals surface area contributed by atoms with E-state index >= 15 is 0 Å². The lowest BCUT2D eigenvalue weighted by Crippen LogP contribution is -2.52. The van der Waals surface area contributed by atoms with Gasteiger partial charge in [-0.15, -0.1) is 0 Å². The molecule has 7 heteroatoms. The van der Waals surface area contributed by atoms with E-state index in [9.17, 15) is 13.2 Å². The Hall–Kier alpha value is -1.28. The predicted molar refractivity (Wildman–Crippen MR) is 85.8 cm³/mol. The first kappa shape index (κ1) is 16.6. The van der Waals surface area contributed by atoms with Crippen LogP contribution in [0.4, 0.5) is 0 Å². The minimum absolute atomic E-state index is 0.0738. The Morgan fingerprint density at radius 1 is 1.13 bits per heavy atom. The number of hydrogen-bond acceptors (Lipinski definition) is 5. The smallest absolute Gasteiger partial charge is 0.243 e. The third kappa shape index (κ3) is 2.94. The van der Waals surface area contributed by atoms with Gasteiger partial charge in [-0.05, 0) is 26.1 Å². The van der Waals surface area contributed by atoms with Crippen LogP contribution in [0.5, 0.6) is 0 Å². The number of nitrogens with zero attached hydrogens (tertiary/aromatic N) is 2. The summed E-state index contributed by atoms with van der Waals surface area (Å²) in [5.41, 5.74) is 0.215. The van der Waals surface area contributed by atoms with Crippen LogP contribution in [0.25, 0.3) is 0 Å². The average Bonchev–Trinajstić information content (AvgIpc) is 2.88. The zero-order chi connectivity index (χ0) is 16.7. The molecule has 1 spiro atoms. The largest absolute Gasteiger partial charge is 0.359 e. The Balaban J connectivity index is 1.75. The summed E-state index contributed by atoms with van der Waals surface area (Å²) in [5.74, 6) is -0.0738. The van der Waals surface area contributed by atoms with Gasteiger partial charge in [0.1, 0.15) is 5.72 Å². The van der Waals surface area contributed by atoms with Gasteiger partial charge in [-0.25, -0.2) is 8.42 Å². The summed E-state index contributed by atoms with van der Waals surface area (Å²) in [6, 6.07) is 6.15. The standard InChI is InChI=1S/C16H22N2O4S/c1-13(19)14-3-5-15(6-4-14)23(20,21)18-9-7-16(8-10-18)17(2)11-12-22-16/h3-6H,7-12H2,1-2H3. The van der Waals surface area contributed by atoms with E-state index in [1.807, 2.05) is 7.05 Å². The number of likely N-dealkylation sites (N-methyl/N-ethyl adjacent to an activating group) is 1. The Morgan fingerprint density at radius 3 is 2.22 bits per heavy atom. The maximum Gasteiger partial charge on any atom is 0.243 e. The molecule has 1 aromatic carbocycles. The van der Waals surface area contributed by atoms with Crippen molar-refractivity contribution in [1.29, 1.82) is 0 Å². The Bertz CT molecular complexity index is 691. The molecule has 2 aliphatic heterocycles. The molecule has 0 radical (unpaired) electrons. The molecule has 0 bridgehead atoms. The van der Waals surface area contributed by atoms with Crippen LogP contribution >= 0.6 is 0 Å². The maximum absolute atomic E-state index is 12.7. The van der Waals surface area contributed by atoms with Crippen molar-refractivity contribution in [2.45, 2.75) is 30.4 Å². The number of piperidine rings is 1. The zero-order valence-electron chi connectivity index (χ0n) is 13.5. The Labute approximate surface area is 137 Å². The average molecular weight is 338 g/mol. The van der Waals surface area contributed by atoms with Crippen molar-refractivity contribution in [3.8, 4) is 0 Å². The number of hydrogen-bond donors (Lipinski definition) is 0. The number of carbonyl (C=O) groups excluding carboxylic acids is 1. The minimum Gasteiger partial charge on any atom is -0.359 e. The molecule has 0 atom stereocenters. The zero-order valence-corrected chi connectivity index (χ0v) is 14.3. The number of carbonyl (C=O) groups is 1. The third-order valence-electron chi connectivity index (χ3n) is 4.90. The number of ketones is 1. The highest BCUT2D eigenvalue weighted by Crippen LogP contribution is 2.34. The van der Waals surface area contributed by atoms with Crippen LogP contribution < -0.4 is 0 Å². The van der Waals surface area contributed by atoms with Crippen molar-refractivity contribution in [1.82, 2.24) is 9.21 Å². The number of sulfonamides is 1. The first-order valence-electron chi connectivity index (χ1n) is 7.81. The second-order valence-electron chi connectivity index (χ2n) is 6.20. The summed E-state index contributed by atoms with van der Waals surface area (Å²) >= 11 is 0. The molecule has 1 aromatic rings. The molecular formula is C16H22N2O4S. The van der Waals surface area contributed by atoms with E-state index in [2.05, 4.69) is 4.90 Å². The van der Waals surface area contributed by atoms with Crippen molar-refractivity contribution in [3.05, 3.63) is 29.8 Å². The summed E-state index contributed by atoms with van der Waals surface area (Å²) in [6.07, 6.45) is 1.35. The molecule has 0 saturated carbocycles. The van der Waals surface area contributed by atoms with Gasteiger partial charge in [0.2, 0.25) is 10.0 Å². The summed E-state index contributed by atoms with van der Waals surface area (Å²) in [5, 5.41) is 0. The molecule has 23 heavy (non-hydrogen) atoms. The van der Waals surface area contributed by atoms with E-state index in [1.165, 1.54) is 23.4 Å². The van der Waals surface area contributed by atoms with Gasteiger partial charge in [0.05, 0.1) is 11.5 Å². The molecule has 3 rings (SSSR count). The highest BCUT2D eigenvalue weighted by Gasteiger charge is 2.44. The number of Topliss-reactive ketones (excluding diaryl/α,β-unsaturated/α-hetero) is 1. The van der Waals surface area contributed by atoms with E-state index in [0.29, 0.717) is 38.1 Å². The van der Waals surface area contributed by atoms with Crippen molar-refractivity contribution in [3.63, 3.8) is 0 Å². The van der Waals surface area contributed by atoms with Crippen LogP contribution in [-0.2, 0) is 14.8 Å². The van der Waals surface area contributed by atoms with Crippen LogP contribution in [0.2, 0.25) is 0 Å². The fraction of sp³-hybridized carbons (Fsp3) is 0.562. The molecule has 126 valence electrons. The topological polar surface area (TPSA) is 66.9 Å². The van der Waals surface area contributed by atoms with Gasteiger partial charge in [0.25, 0.3) is 0 Å². The molecular weight excluding hydrogens is 316 g/mol. The van der Waals surface area contributed by atoms with Gasteiger partial charge in [0, 0.05) is 38.0 Å². The summed E-state index contributed by atoms with van der Waals surface area (Å²) in [7, 11) is -1.49. The summed E-state index contributed by atoms with van der Waals surface area (Å²) in [4.78, 5) is 13.7. The predicted octanol–water partition coefficient (Wildman–Crippen LogP) is 1.33. The van der Waals surface area contributed by atoms with Crippen LogP contribution in [0.15, 0.2) is 29.2 Å². The highest BCUT2D eigenvalue weighted by molar-refractivity contribution is 7.89. The van der Waals surface area contributed by atoms with Gasteiger partial charge < -0.3 is 4.74 Å². The van der Waals surface area contributed by atoms with Crippen LogP contribution in [0.1, 0.15) is 30.1 Å². The highest BCUT2D eigenvalue weighted by atomic mass is 32.2. The van der Waals surface area contributed by atoms with E-state index in [4.69, 9.17) is 4.74 Å². The molecule has 0 unspecified atom stereocenters. The molecule has 6 nitrogen and oxygen atoms in total. The fourth-order valence-corrected chi connectivity index (χ4v) is 4.74. The molecule has 2 heterocycles. The number of rotatable bonds is 3. The maximum atomic E-state index is 12.7. The van der Waals surface area contributed by atoms with Crippen LogP contribution in [0, 0.1) is 0 Å². The first-order chi connectivity index (χ1) is 10.8. The molecule has 0 amide bonds. The molecule has 0 N–H and O–H groups in total. The van der Waals surface area contributed by atoms with Gasteiger partial charge in [-0.3, -0.25) is 9.69 Å². The Kier molecular flexibility index (Phi) is 4.31. The van der Waals surface area contributed by atoms with E-state index in [0.717, 1.165) is 6.54 Å². The lowest BCUT2D eigenvalue weighted by Gasteiger charge is -2.41. The molecule has 2 saturated heterocycles. The molecule has 0 aliphatic carbocycles. The molecule has 2 fully saturated rings. The van der Waals surface area contributed by atoms with E-state index in [1.54, 1.807) is 12.1 Å². The van der Waals surface area contributed by atoms with E-state index < -0.39 is 10.0 Å². The third-order valence-corrected chi connectivity index (χ3v) is 6.81. The van der Waals surface area contributed by atoms with Gasteiger partial charge in [-0.2, -0.15) is 4.31 Å². The lowest BCUT2D eigenvalue weighted by atomic mass is 10.0. The second kappa shape index (κ2) is 5.98. The minimum atomic E-state index is -3.52. The van der Waals surface area contributed by atoms with Crippen molar-refractivity contribution in [2.75, 3.05) is 33.3 Å². The molecule has 0 aromatic heterocycles. The van der Waals surface area contributed by atoms with Crippen molar-refractivity contribution < 1.29 is 17.9 Å². The van der Waals surface area contributed by atoms with Crippen LogP contribution in [0.3, 0.4) is 0 Å². The van der Waals surface area contributed by atoms with Gasteiger partial charge >= 0.3 is 0 Å². The fourth-order valence-electron chi connectivity index (χ4n) is 3.30.